The molecule has 8 nitrogen and oxygen atoms in total. The van der Waals surface area contributed by atoms with Crippen LogP contribution in [0.25, 0.3) is 0 Å². The molecule has 2 rings (SSSR count). The van der Waals surface area contributed by atoms with Crippen molar-refractivity contribution in [3.63, 3.8) is 0 Å². The van der Waals surface area contributed by atoms with Gasteiger partial charge in [-0.15, -0.1) is 5.10 Å². The second-order valence-corrected chi connectivity index (χ2v) is 3.91. The Hall–Kier alpha value is -2.55. The summed E-state index contributed by atoms with van der Waals surface area (Å²) in [6.45, 7) is 0. The maximum atomic E-state index is 9.45. The minimum atomic E-state index is 0.0652. The van der Waals surface area contributed by atoms with Gasteiger partial charge in [0.1, 0.15) is 0 Å². The lowest BCUT2D eigenvalue weighted by atomic mass is 10.2. The molecule has 2 aromatic rings. The van der Waals surface area contributed by atoms with Crippen LogP contribution in [0.3, 0.4) is 0 Å². The van der Waals surface area contributed by atoms with Gasteiger partial charge in [-0.05, 0) is 36.0 Å². The van der Waals surface area contributed by atoms with Gasteiger partial charge in [0.05, 0.1) is 13.3 Å². The zero-order valence-electron chi connectivity index (χ0n) is 9.99. The number of nitrogens with two attached hydrogens (primary N) is 1. The van der Waals surface area contributed by atoms with Crippen molar-refractivity contribution in [3.8, 4) is 11.5 Å². The van der Waals surface area contributed by atoms with Crippen molar-refractivity contribution < 1.29 is 9.84 Å². The molecule has 5 N–H and O–H groups in total. The van der Waals surface area contributed by atoms with Gasteiger partial charge in [-0.1, -0.05) is 0 Å². The van der Waals surface area contributed by atoms with Crippen LogP contribution in [-0.4, -0.2) is 33.3 Å². The van der Waals surface area contributed by atoms with E-state index in [1.54, 1.807) is 12.1 Å². The number of phenols is 1. The van der Waals surface area contributed by atoms with Crippen LogP contribution in [0.15, 0.2) is 23.3 Å². The topological polar surface area (TPSA) is 113 Å². The Kier molecular flexibility index (Phi) is 3.66. The minimum absolute atomic E-state index is 0.0652. The van der Waals surface area contributed by atoms with E-state index < -0.39 is 0 Å². The maximum absolute atomic E-state index is 9.45. The highest BCUT2D eigenvalue weighted by Gasteiger charge is 2.02. The molecular weight excluding hydrogens is 268 g/mol. The van der Waals surface area contributed by atoms with Crippen molar-refractivity contribution >= 4 is 24.4 Å². The molecule has 0 unspecified atom stereocenters. The number of nitrogens with zero attached hydrogens (tertiary/aromatic N) is 3. The molecule has 0 bridgehead atoms. The molecule has 9 heteroatoms. The Morgan fingerprint density at radius 3 is 3.05 bits per heavy atom. The fourth-order valence-electron chi connectivity index (χ4n) is 1.32. The number of hydrogen-bond acceptors (Lipinski definition) is 7. The fraction of sp³-hybridized carbons (Fsp3) is 0.100. The van der Waals surface area contributed by atoms with Crippen molar-refractivity contribution in [2.24, 2.45) is 5.10 Å². The average Bonchev–Trinajstić information content (AvgIpc) is 2.72. The number of hydrazone groups is 1. The van der Waals surface area contributed by atoms with E-state index in [1.165, 1.54) is 19.4 Å². The van der Waals surface area contributed by atoms with Crippen molar-refractivity contribution in [1.82, 2.24) is 14.9 Å². The second kappa shape index (κ2) is 5.40. The van der Waals surface area contributed by atoms with Gasteiger partial charge < -0.3 is 15.7 Å². The standard InChI is InChI=1S/C10H12N6O2S/c1-18-8-4-6(2-3-7(8)17)5-12-13-9-14-15-10(19)16(9)11/h2-5,17H,11H2,1H3,(H,13,14)(H,15,19)/b12-5+. The first kappa shape index (κ1) is 12.9. The normalized spacial score (nSPS) is 10.8. The third kappa shape index (κ3) is 2.83. The highest BCUT2D eigenvalue weighted by atomic mass is 32.1. The minimum Gasteiger partial charge on any atom is -0.504 e. The number of aromatic hydroxyl groups is 1. The van der Waals surface area contributed by atoms with Gasteiger partial charge in [0.2, 0.25) is 4.77 Å². The number of aromatic amines is 1. The van der Waals surface area contributed by atoms with Crippen molar-refractivity contribution in [3.05, 3.63) is 28.5 Å². The predicted octanol–water partition coefficient (Wildman–Crippen LogP) is 0.815. The number of aromatic nitrogens is 3. The van der Waals surface area contributed by atoms with Gasteiger partial charge in [0.15, 0.2) is 11.5 Å². The third-order valence-corrected chi connectivity index (χ3v) is 2.57. The molecular formula is C10H12N6O2S. The summed E-state index contributed by atoms with van der Waals surface area (Å²) in [6, 6.07) is 4.84. The number of anilines is 1. The number of H-pyrrole nitrogens is 1. The lowest BCUT2D eigenvalue weighted by Crippen LogP contribution is -2.11. The molecule has 0 spiro atoms. The summed E-state index contributed by atoms with van der Waals surface area (Å²) in [5.74, 6) is 6.29. The van der Waals surface area contributed by atoms with Crippen LogP contribution in [0.2, 0.25) is 0 Å². The van der Waals surface area contributed by atoms with Gasteiger partial charge in [0.25, 0.3) is 5.95 Å². The van der Waals surface area contributed by atoms with Crippen LogP contribution in [0.5, 0.6) is 11.5 Å². The number of phenolic OH excluding ortho intramolecular Hbond substituents is 1. The van der Waals surface area contributed by atoms with Gasteiger partial charge in [0, 0.05) is 0 Å². The van der Waals surface area contributed by atoms with Crippen molar-refractivity contribution in [1.29, 1.82) is 0 Å². The van der Waals surface area contributed by atoms with Gasteiger partial charge in [-0.25, -0.2) is 10.5 Å². The zero-order chi connectivity index (χ0) is 13.8. The number of rotatable bonds is 4. The maximum Gasteiger partial charge on any atom is 0.262 e. The summed E-state index contributed by atoms with van der Waals surface area (Å²) >= 11 is 4.85. The lowest BCUT2D eigenvalue weighted by molar-refractivity contribution is 0.373. The molecule has 1 heterocycles. The van der Waals surface area contributed by atoms with Crippen LogP contribution in [0.4, 0.5) is 5.95 Å². The van der Waals surface area contributed by atoms with Crippen LogP contribution in [-0.2, 0) is 0 Å². The summed E-state index contributed by atoms with van der Waals surface area (Å²) in [6.07, 6.45) is 1.53. The largest absolute Gasteiger partial charge is 0.504 e. The van der Waals surface area contributed by atoms with E-state index in [1.807, 2.05) is 0 Å². The Morgan fingerprint density at radius 1 is 1.63 bits per heavy atom. The quantitative estimate of drug-likeness (QED) is 0.285. The van der Waals surface area contributed by atoms with Crippen molar-refractivity contribution in [2.45, 2.75) is 0 Å². The third-order valence-electron chi connectivity index (χ3n) is 2.29. The SMILES string of the molecule is COc1cc(/C=N/Nc2n[nH]c(=S)n2N)ccc1O. The first-order valence-corrected chi connectivity index (χ1v) is 5.61. The number of methoxy groups -OCH3 is 1. The van der Waals surface area contributed by atoms with Crippen LogP contribution >= 0.6 is 12.2 Å². The molecule has 0 radical (unpaired) electrons. The molecule has 0 fully saturated rings. The summed E-state index contributed by atoms with van der Waals surface area (Å²) in [4.78, 5) is 0. The molecule has 0 aliphatic carbocycles. The monoisotopic (exact) mass is 280 g/mol. The van der Waals surface area contributed by atoms with E-state index in [0.717, 1.165) is 10.2 Å². The lowest BCUT2D eigenvalue weighted by Gasteiger charge is -2.03. The number of nitrogens with one attached hydrogen (secondary N) is 2. The number of hydrogen-bond donors (Lipinski definition) is 4. The number of benzene rings is 1. The molecule has 1 aromatic heterocycles. The predicted molar refractivity (Wildman–Crippen MR) is 73.4 cm³/mol. The Balaban J connectivity index is 2.11. The smallest absolute Gasteiger partial charge is 0.262 e. The van der Waals surface area contributed by atoms with E-state index in [9.17, 15) is 5.11 Å². The second-order valence-electron chi connectivity index (χ2n) is 3.52. The van der Waals surface area contributed by atoms with Crippen LogP contribution in [0, 0.1) is 4.77 Å². The average molecular weight is 280 g/mol. The Labute approximate surface area is 113 Å². The first-order chi connectivity index (χ1) is 9.11. The molecule has 100 valence electrons. The number of nitrogen functional groups attached to an aromatic ring is 1. The van der Waals surface area contributed by atoms with Crippen LogP contribution < -0.4 is 16.0 Å². The molecule has 19 heavy (non-hydrogen) atoms. The van der Waals surface area contributed by atoms with E-state index in [4.69, 9.17) is 22.8 Å². The summed E-state index contributed by atoms with van der Waals surface area (Å²) < 4.78 is 6.42. The van der Waals surface area contributed by atoms with Crippen molar-refractivity contribution in [2.75, 3.05) is 18.4 Å². The first-order valence-electron chi connectivity index (χ1n) is 5.20. The summed E-state index contributed by atoms with van der Waals surface area (Å²) in [7, 11) is 1.47. The Bertz CT molecular complexity index is 662. The summed E-state index contributed by atoms with van der Waals surface area (Å²) in [5.41, 5.74) is 3.37. The van der Waals surface area contributed by atoms with Gasteiger partial charge in [-0.2, -0.15) is 9.78 Å². The summed E-state index contributed by atoms with van der Waals surface area (Å²) in [5, 5.41) is 19.7. The fourth-order valence-corrected chi connectivity index (χ4v) is 1.45. The van der Waals surface area contributed by atoms with E-state index in [2.05, 4.69) is 20.7 Å². The zero-order valence-corrected chi connectivity index (χ0v) is 10.8. The molecule has 0 aliphatic heterocycles. The molecule has 0 saturated heterocycles. The Morgan fingerprint density at radius 2 is 2.42 bits per heavy atom. The highest BCUT2D eigenvalue weighted by Crippen LogP contribution is 2.25. The molecule has 0 atom stereocenters. The van der Waals surface area contributed by atoms with Gasteiger partial charge >= 0.3 is 0 Å². The molecule has 0 saturated carbocycles. The van der Waals surface area contributed by atoms with Crippen LogP contribution in [0.1, 0.15) is 5.56 Å². The molecule has 0 aliphatic rings. The number of ether oxygens (including phenoxy) is 1. The molecule has 1 aromatic carbocycles. The van der Waals surface area contributed by atoms with Gasteiger partial charge in [-0.3, -0.25) is 0 Å². The van der Waals surface area contributed by atoms with E-state index >= 15 is 0 Å². The highest BCUT2D eigenvalue weighted by molar-refractivity contribution is 7.71. The van der Waals surface area contributed by atoms with E-state index in [0.29, 0.717) is 5.75 Å². The molecule has 0 amide bonds. The van der Waals surface area contributed by atoms with E-state index in [-0.39, 0.29) is 16.5 Å².